The summed E-state index contributed by atoms with van der Waals surface area (Å²) in [5.74, 6) is -0.235. The Morgan fingerprint density at radius 3 is 2.17 bits per heavy atom. The van der Waals surface area contributed by atoms with Gasteiger partial charge in [0.25, 0.3) is 0 Å². The van der Waals surface area contributed by atoms with Gasteiger partial charge >= 0.3 is 0 Å². The first-order valence-electron chi connectivity index (χ1n) is 8.80. The fraction of sp³-hybridized carbons (Fsp3) is 0.300. The molecule has 0 saturated carbocycles. The average Bonchev–Trinajstić information content (AvgIpc) is 2.67. The third-order valence-electron chi connectivity index (χ3n) is 4.48. The minimum absolute atomic E-state index is 0.0999. The van der Waals surface area contributed by atoms with Gasteiger partial charge in [0.2, 0.25) is 6.29 Å². The number of phenols is 3. The number of phenolic OH excluding ortho intramolecular Hbond substituents is 3. The van der Waals surface area contributed by atoms with Crippen molar-refractivity contribution in [3.8, 4) is 23.0 Å². The minimum Gasteiger partial charge on any atom is -0.508 e. The Morgan fingerprint density at radius 1 is 0.862 bits per heavy atom. The molecule has 0 bridgehead atoms. The van der Waals surface area contributed by atoms with Crippen molar-refractivity contribution in [2.24, 2.45) is 0 Å². The first-order valence-corrected chi connectivity index (χ1v) is 8.80. The molecule has 0 amide bonds. The molecule has 0 aromatic heterocycles. The summed E-state index contributed by atoms with van der Waals surface area (Å²) >= 11 is 0. The van der Waals surface area contributed by atoms with Crippen LogP contribution in [0, 0.1) is 0 Å². The number of hydrogen-bond donors (Lipinski definition) is 7. The molecule has 3 rings (SSSR count). The van der Waals surface area contributed by atoms with E-state index in [1.807, 2.05) is 0 Å². The summed E-state index contributed by atoms with van der Waals surface area (Å²) in [6, 6.07) is 8.34. The summed E-state index contributed by atoms with van der Waals surface area (Å²) < 4.78 is 10.7. The van der Waals surface area contributed by atoms with Crippen LogP contribution in [0.2, 0.25) is 0 Å². The van der Waals surface area contributed by atoms with E-state index >= 15 is 0 Å². The predicted molar refractivity (Wildman–Crippen MR) is 101 cm³/mol. The van der Waals surface area contributed by atoms with Gasteiger partial charge in [0.05, 0.1) is 6.61 Å². The Kier molecular flexibility index (Phi) is 6.26. The summed E-state index contributed by atoms with van der Waals surface area (Å²) in [7, 11) is 0. The van der Waals surface area contributed by atoms with E-state index < -0.39 is 37.3 Å². The first kappa shape index (κ1) is 20.9. The molecule has 7 N–H and O–H groups in total. The number of aromatic hydroxyl groups is 3. The van der Waals surface area contributed by atoms with Crippen molar-refractivity contribution in [2.75, 3.05) is 6.61 Å². The van der Waals surface area contributed by atoms with Crippen molar-refractivity contribution in [1.82, 2.24) is 0 Å². The van der Waals surface area contributed by atoms with E-state index in [1.54, 1.807) is 12.2 Å². The Morgan fingerprint density at radius 2 is 1.55 bits per heavy atom. The van der Waals surface area contributed by atoms with E-state index in [1.165, 1.54) is 36.4 Å². The van der Waals surface area contributed by atoms with E-state index in [-0.39, 0.29) is 23.0 Å². The zero-order chi connectivity index (χ0) is 21.1. The average molecular weight is 406 g/mol. The van der Waals surface area contributed by atoms with Gasteiger partial charge in [0.15, 0.2) is 0 Å². The molecule has 1 aliphatic heterocycles. The highest BCUT2D eigenvalue weighted by atomic mass is 16.7. The number of benzene rings is 2. The maximum atomic E-state index is 10.2. The summed E-state index contributed by atoms with van der Waals surface area (Å²) in [5, 5.41) is 68.0. The summed E-state index contributed by atoms with van der Waals surface area (Å²) in [6.45, 7) is -0.579. The van der Waals surface area contributed by atoms with Gasteiger partial charge in [-0.2, -0.15) is 0 Å². The van der Waals surface area contributed by atoms with E-state index in [0.717, 1.165) is 0 Å². The SMILES string of the molecule is OC[C@H]1O[C@@H](Oc2ccc(/C=C/c3cc(O)cc(O)c3)c(O)c2)[C@H](O)[C@@H](O)[C@@H]1O. The Labute approximate surface area is 165 Å². The minimum atomic E-state index is -1.57. The number of rotatable bonds is 5. The monoisotopic (exact) mass is 406 g/mol. The molecule has 0 unspecified atom stereocenters. The third-order valence-corrected chi connectivity index (χ3v) is 4.48. The molecule has 9 nitrogen and oxygen atoms in total. The first-order chi connectivity index (χ1) is 13.8. The fourth-order valence-electron chi connectivity index (χ4n) is 2.94. The molecule has 0 aliphatic carbocycles. The van der Waals surface area contributed by atoms with Crippen molar-refractivity contribution in [3.63, 3.8) is 0 Å². The molecular weight excluding hydrogens is 384 g/mol. The molecular formula is C20H22O9. The number of aliphatic hydroxyl groups excluding tert-OH is 4. The number of aliphatic hydroxyl groups is 4. The lowest BCUT2D eigenvalue weighted by Crippen LogP contribution is -2.60. The maximum Gasteiger partial charge on any atom is 0.229 e. The number of ether oxygens (including phenoxy) is 2. The topological polar surface area (TPSA) is 160 Å². The third kappa shape index (κ3) is 4.78. The normalized spacial score (nSPS) is 27.2. The van der Waals surface area contributed by atoms with Crippen LogP contribution in [-0.4, -0.2) is 73.1 Å². The second kappa shape index (κ2) is 8.68. The smallest absolute Gasteiger partial charge is 0.229 e. The largest absolute Gasteiger partial charge is 0.508 e. The molecule has 1 fully saturated rings. The lowest BCUT2D eigenvalue weighted by molar-refractivity contribution is -0.277. The molecule has 1 aliphatic rings. The highest BCUT2D eigenvalue weighted by Crippen LogP contribution is 2.29. The van der Waals surface area contributed by atoms with Gasteiger partial charge in [-0.25, -0.2) is 0 Å². The van der Waals surface area contributed by atoms with Gasteiger partial charge in [-0.05, 0) is 29.8 Å². The standard InChI is InChI=1S/C20H22O9/c21-9-16-17(25)18(26)19(27)20(29-16)28-14-4-3-11(15(24)8-14)2-1-10-5-12(22)7-13(23)6-10/h1-8,16-27H,9H2/b2-1+/t16-,17-,18+,19-,20-/m1/s1. The van der Waals surface area contributed by atoms with Gasteiger partial charge in [-0.15, -0.1) is 0 Å². The molecule has 2 aromatic rings. The van der Waals surface area contributed by atoms with Crippen LogP contribution < -0.4 is 4.74 Å². The second-order valence-electron chi connectivity index (χ2n) is 6.65. The molecule has 1 saturated heterocycles. The van der Waals surface area contributed by atoms with Crippen LogP contribution in [0.25, 0.3) is 12.2 Å². The fourth-order valence-corrected chi connectivity index (χ4v) is 2.94. The summed E-state index contributed by atoms with van der Waals surface area (Å²) in [4.78, 5) is 0. The quantitative estimate of drug-likeness (QED) is 0.343. The van der Waals surface area contributed by atoms with E-state index in [4.69, 9.17) is 9.47 Å². The molecule has 0 spiro atoms. The van der Waals surface area contributed by atoms with E-state index in [2.05, 4.69) is 0 Å². The highest BCUT2D eigenvalue weighted by Gasteiger charge is 2.44. The molecule has 9 heteroatoms. The Bertz CT molecular complexity index is 860. The summed E-state index contributed by atoms with van der Waals surface area (Å²) in [5.41, 5.74) is 0.928. The van der Waals surface area contributed by atoms with Crippen LogP contribution >= 0.6 is 0 Å². The van der Waals surface area contributed by atoms with Crippen LogP contribution in [0.1, 0.15) is 11.1 Å². The van der Waals surface area contributed by atoms with Crippen LogP contribution in [0.3, 0.4) is 0 Å². The molecule has 1 heterocycles. The lowest BCUT2D eigenvalue weighted by atomic mass is 9.99. The number of hydrogen-bond acceptors (Lipinski definition) is 9. The van der Waals surface area contributed by atoms with Crippen molar-refractivity contribution in [1.29, 1.82) is 0 Å². The van der Waals surface area contributed by atoms with Crippen LogP contribution in [0.15, 0.2) is 36.4 Å². The van der Waals surface area contributed by atoms with Gasteiger partial charge in [0, 0.05) is 17.7 Å². The van der Waals surface area contributed by atoms with E-state index in [0.29, 0.717) is 11.1 Å². The van der Waals surface area contributed by atoms with Crippen molar-refractivity contribution in [2.45, 2.75) is 30.7 Å². The maximum absolute atomic E-state index is 10.2. The van der Waals surface area contributed by atoms with Crippen LogP contribution in [0.4, 0.5) is 0 Å². The van der Waals surface area contributed by atoms with Crippen molar-refractivity contribution >= 4 is 12.2 Å². The predicted octanol–water partition coefficient (Wildman–Crippen LogP) is 0.152. The van der Waals surface area contributed by atoms with Gasteiger partial charge < -0.3 is 45.2 Å². The molecule has 156 valence electrons. The molecule has 2 aromatic carbocycles. The second-order valence-corrected chi connectivity index (χ2v) is 6.65. The van der Waals surface area contributed by atoms with Gasteiger partial charge in [0.1, 0.15) is 47.4 Å². The molecule has 0 radical (unpaired) electrons. The Balaban J connectivity index is 1.73. The highest BCUT2D eigenvalue weighted by molar-refractivity contribution is 5.73. The van der Waals surface area contributed by atoms with E-state index in [9.17, 15) is 35.7 Å². The van der Waals surface area contributed by atoms with Crippen LogP contribution in [-0.2, 0) is 4.74 Å². The van der Waals surface area contributed by atoms with Crippen LogP contribution in [0.5, 0.6) is 23.0 Å². The van der Waals surface area contributed by atoms with Crippen molar-refractivity contribution < 1.29 is 45.2 Å². The van der Waals surface area contributed by atoms with Gasteiger partial charge in [-0.3, -0.25) is 0 Å². The molecule has 29 heavy (non-hydrogen) atoms. The summed E-state index contributed by atoms with van der Waals surface area (Å²) in [6.07, 6.45) is -3.95. The lowest BCUT2D eigenvalue weighted by Gasteiger charge is -2.39. The van der Waals surface area contributed by atoms with Crippen molar-refractivity contribution in [3.05, 3.63) is 47.5 Å². The molecule has 5 atom stereocenters. The zero-order valence-electron chi connectivity index (χ0n) is 15.2. The van der Waals surface area contributed by atoms with Gasteiger partial charge in [-0.1, -0.05) is 12.2 Å². The zero-order valence-corrected chi connectivity index (χ0v) is 15.2. The Hall–Kier alpha value is -2.82.